The van der Waals surface area contributed by atoms with Crippen LogP contribution in [0.4, 0.5) is 0 Å². The van der Waals surface area contributed by atoms with Gasteiger partial charge in [0.25, 0.3) is 0 Å². The van der Waals surface area contributed by atoms with E-state index >= 15 is 0 Å². The van der Waals surface area contributed by atoms with Gasteiger partial charge in [-0.05, 0) is 0 Å². The van der Waals surface area contributed by atoms with Crippen molar-refractivity contribution in [3.05, 3.63) is 25.1 Å². The molecule has 0 spiro atoms. The second-order valence-electron chi connectivity index (χ2n) is 1.06. The lowest BCUT2D eigenvalue weighted by Gasteiger charge is -1.79. The van der Waals surface area contributed by atoms with Crippen LogP contribution in [0.15, 0.2) is 12.4 Å². The molecule has 0 aliphatic rings. The summed E-state index contributed by atoms with van der Waals surface area (Å²) >= 11 is 0. The largest absolute Gasteiger partial charge is 0.238 e. The second kappa shape index (κ2) is 1.64. The third-order valence-corrected chi connectivity index (χ3v) is 0.530. The van der Waals surface area contributed by atoms with Gasteiger partial charge >= 0.3 is 0 Å². The predicted molar refractivity (Wildman–Crippen MR) is 24.3 cm³/mol. The molecule has 7 heavy (non-hydrogen) atoms. The lowest BCUT2D eigenvalue weighted by Crippen LogP contribution is -1.85. The number of rotatable bonds is 0. The first kappa shape index (κ1) is 4.18. The van der Waals surface area contributed by atoms with Gasteiger partial charge in [0.05, 0.1) is 6.20 Å². The van der Waals surface area contributed by atoms with E-state index < -0.39 is 0 Å². The molecule has 0 saturated heterocycles. The van der Waals surface area contributed by atoms with E-state index in [0.29, 0.717) is 5.82 Å². The molecule has 0 N–H and O–H groups in total. The maximum atomic E-state index is 3.69. The molecular formula is C4H4N3. The highest BCUT2D eigenvalue weighted by Gasteiger charge is 1.76. The number of hydrogen-bond donors (Lipinski definition) is 0. The van der Waals surface area contributed by atoms with E-state index in [9.17, 15) is 0 Å². The van der Waals surface area contributed by atoms with Crippen molar-refractivity contribution in [2.24, 2.45) is 0 Å². The highest BCUT2D eigenvalue weighted by atomic mass is 15.1. The first-order valence-electron chi connectivity index (χ1n) is 1.85. The molecule has 0 saturated carbocycles. The molecule has 0 aromatic carbocycles. The van der Waals surface area contributed by atoms with Gasteiger partial charge in [-0.1, -0.05) is 0 Å². The Morgan fingerprint density at radius 1 is 1.43 bits per heavy atom. The van der Waals surface area contributed by atoms with Crippen molar-refractivity contribution in [3.63, 3.8) is 0 Å². The summed E-state index contributed by atoms with van der Waals surface area (Å²) in [5.74, 6) is 0.461. The third kappa shape index (κ3) is 0.924. The fourth-order valence-electron chi connectivity index (χ4n) is 0.275. The Morgan fingerprint density at radius 2 is 2.29 bits per heavy atom. The average molecular weight is 94.1 g/mol. The highest BCUT2D eigenvalue weighted by Crippen LogP contribution is 1.74. The number of aromatic nitrogens is 3. The minimum atomic E-state index is 0.461. The minimum absolute atomic E-state index is 0.461. The Hall–Kier alpha value is -0.990. The maximum absolute atomic E-state index is 3.69. The van der Waals surface area contributed by atoms with E-state index in [-0.39, 0.29) is 0 Å². The first-order chi connectivity index (χ1) is 3.39. The summed E-state index contributed by atoms with van der Waals surface area (Å²) in [6, 6.07) is 0. The van der Waals surface area contributed by atoms with E-state index in [1.54, 1.807) is 6.20 Å². The normalized spacial score (nSPS) is 8.71. The standard InChI is InChI=1S/C4H4N3/c1-4-5-2-3-6-7-4/h2-3H,1H2. The molecule has 1 aromatic heterocycles. The minimum Gasteiger partial charge on any atom is -0.238 e. The Kier molecular flexibility index (Phi) is 0.978. The molecule has 1 heterocycles. The lowest BCUT2D eigenvalue weighted by molar-refractivity contribution is 0.937. The zero-order chi connectivity index (χ0) is 5.11. The van der Waals surface area contributed by atoms with Crippen LogP contribution in [0.3, 0.4) is 0 Å². The van der Waals surface area contributed by atoms with E-state index in [2.05, 4.69) is 22.1 Å². The van der Waals surface area contributed by atoms with Crippen LogP contribution in [0.5, 0.6) is 0 Å². The van der Waals surface area contributed by atoms with Gasteiger partial charge in [-0.15, -0.1) is 5.10 Å². The molecule has 35 valence electrons. The van der Waals surface area contributed by atoms with Gasteiger partial charge in [0, 0.05) is 13.1 Å². The van der Waals surface area contributed by atoms with Crippen molar-refractivity contribution in [1.29, 1.82) is 0 Å². The van der Waals surface area contributed by atoms with Crippen molar-refractivity contribution < 1.29 is 0 Å². The Morgan fingerprint density at radius 3 is 2.57 bits per heavy atom. The molecule has 0 amide bonds. The SMILES string of the molecule is [CH2]c1nccnn1. The molecule has 0 bridgehead atoms. The smallest absolute Gasteiger partial charge is 0.151 e. The number of nitrogens with zero attached hydrogens (tertiary/aromatic N) is 3. The molecule has 0 fully saturated rings. The van der Waals surface area contributed by atoms with Crippen molar-refractivity contribution >= 4 is 0 Å². The molecule has 1 aromatic rings. The van der Waals surface area contributed by atoms with Crippen LogP contribution in [0.25, 0.3) is 0 Å². The van der Waals surface area contributed by atoms with Gasteiger partial charge in [-0.3, -0.25) is 0 Å². The Balaban J connectivity index is 3.02. The summed E-state index contributed by atoms with van der Waals surface area (Å²) in [5, 5.41) is 7.02. The van der Waals surface area contributed by atoms with Crippen LogP contribution in [-0.2, 0) is 0 Å². The third-order valence-electron chi connectivity index (χ3n) is 0.530. The predicted octanol–water partition coefficient (Wildman–Crippen LogP) is 0.0538. The van der Waals surface area contributed by atoms with Crippen LogP contribution >= 0.6 is 0 Å². The topological polar surface area (TPSA) is 38.7 Å². The Bertz CT molecular complexity index is 137. The molecule has 3 heteroatoms. The van der Waals surface area contributed by atoms with Gasteiger partial charge in [-0.25, -0.2) is 4.98 Å². The van der Waals surface area contributed by atoms with Crippen LogP contribution in [0.2, 0.25) is 0 Å². The molecule has 0 unspecified atom stereocenters. The van der Waals surface area contributed by atoms with Gasteiger partial charge in [0.2, 0.25) is 0 Å². The molecule has 0 aliphatic carbocycles. The van der Waals surface area contributed by atoms with Gasteiger partial charge < -0.3 is 0 Å². The zero-order valence-corrected chi connectivity index (χ0v) is 3.70. The molecule has 1 radical (unpaired) electrons. The fourth-order valence-corrected chi connectivity index (χ4v) is 0.275. The van der Waals surface area contributed by atoms with Crippen molar-refractivity contribution in [2.45, 2.75) is 0 Å². The van der Waals surface area contributed by atoms with Gasteiger partial charge in [0.15, 0.2) is 5.82 Å². The molecule has 3 nitrogen and oxygen atoms in total. The van der Waals surface area contributed by atoms with Crippen molar-refractivity contribution in [2.75, 3.05) is 0 Å². The average Bonchev–Trinajstić information content (AvgIpc) is 1.69. The van der Waals surface area contributed by atoms with Crippen LogP contribution in [-0.4, -0.2) is 15.2 Å². The first-order valence-corrected chi connectivity index (χ1v) is 1.85. The summed E-state index contributed by atoms with van der Waals surface area (Å²) in [4.78, 5) is 3.69. The molecule has 0 aliphatic heterocycles. The van der Waals surface area contributed by atoms with E-state index in [0.717, 1.165) is 0 Å². The Labute approximate surface area is 41.4 Å². The zero-order valence-electron chi connectivity index (χ0n) is 3.70. The quantitative estimate of drug-likeness (QED) is 0.456. The number of hydrogen-bond acceptors (Lipinski definition) is 3. The van der Waals surface area contributed by atoms with E-state index in [1.165, 1.54) is 6.20 Å². The van der Waals surface area contributed by atoms with E-state index in [4.69, 9.17) is 0 Å². The van der Waals surface area contributed by atoms with Gasteiger partial charge in [-0.2, -0.15) is 5.10 Å². The second-order valence-corrected chi connectivity index (χ2v) is 1.06. The summed E-state index contributed by atoms with van der Waals surface area (Å²) in [6.07, 6.45) is 3.06. The van der Waals surface area contributed by atoms with Crippen LogP contribution < -0.4 is 0 Å². The van der Waals surface area contributed by atoms with Crippen LogP contribution in [0, 0.1) is 6.92 Å². The van der Waals surface area contributed by atoms with Crippen molar-refractivity contribution in [3.8, 4) is 0 Å². The maximum Gasteiger partial charge on any atom is 0.151 e. The fraction of sp³-hybridized carbons (Fsp3) is 0. The van der Waals surface area contributed by atoms with Crippen molar-refractivity contribution in [1.82, 2.24) is 15.2 Å². The molecule has 1 rings (SSSR count). The van der Waals surface area contributed by atoms with Gasteiger partial charge in [0.1, 0.15) is 0 Å². The highest BCUT2D eigenvalue weighted by molar-refractivity contribution is 4.83. The summed E-state index contributed by atoms with van der Waals surface area (Å²) < 4.78 is 0. The summed E-state index contributed by atoms with van der Waals surface area (Å²) in [7, 11) is 0. The summed E-state index contributed by atoms with van der Waals surface area (Å²) in [6.45, 7) is 3.44. The summed E-state index contributed by atoms with van der Waals surface area (Å²) in [5.41, 5.74) is 0. The van der Waals surface area contributed by atoms with E-state index in [1.807, 2.05) is 0 Å². The lowest BCUT2D eigenvalue weighted by atomic mass is 10.7. The van der Waals surface area contributed by atoms with Crippen LogP contribution in [0.1, 0.15) is 5.82 Å². The monoisotopic (exact) mass is 94.0 g/mol. The molecule has 0 atom stereocenters. The molecular weight excluding hydrogens is 90.1 g/mol.